The number of nitrogens with zero attached hydrogens (tertiary/aromatic N) is 1. The second kappa shape index (κ2) is 6.12. The molecule has 5 nitrogen and oxygen atoms in total. The third-order valence-electron chi connectivity index (χ3n) is 4.50. The van der Waals surface area contributed by atoms with E-state index in [1.807, 2.05) is 20.8 Å². The zero-order valence-electron chi connectivity index (χ0n) is 12.8. The van der Waals surface area contributed by atoms with Crippen molar-refractivity contribution in [2.75, 3.05) is 13.2 Å². The van der Waals surface area contributed by atoms with E-state index in [0.29, 0.717) is 19.4 Å². The number of ether oxygens (including phenoxy) is 1. The lowest BCUT2D eigenvalue weighted by Gasteiger charge is -2.44. The van der Waals surface area contributed by atoms with Gasteiger partial charge in [0.25, 0.3) is 0 Å². The van der Waals surface area contributed by atoms with Crippen molar-refractivity contribution < 1.29 is 14.3 Å². The van der Waals surface area contributed by atoms with Crippen molar-refractivity contribution in [2.24, 2.45) is 0 Å². The van der Waals surface area contributed by atoms with Crippen molar-refractivity contribution in [3.63, 3.8) is 0 Å². The molecule has 0 aromatic heterocycles. The number of amides is 2. The molecule has 0 aromatic rings. The van der Waals surface area contributed by atoms with Gasteiger partial charge in [-0.3, -0.25) is 9.59 Å². The molecule has 20 heavy (non-hydrogen) atoms. The minimum atomic E-state index is -0.764. The topological polar surface area (TPSA) is 58.6 Å². The summed E-state index contributed by atoms with van der Waals surface area (Å²) in [6, 6.07) is -0.337. The van der Waals surface area contributed by atoms with Gasteiger partial charge in [-0.1, -0.05) is 20.3 Å². The van der Waals surface area contributed by atoms with E-state index in [-0.39, 0.29) is 24.0 Å². The largest absolute Gasteiger partial charge is 0.376 e. The molecule has 0 aromatic carbocycles. The molecular formula is C15H26N2O3. The maximum Gasteiger partial charge on any atom is 0.248 e. The standard InChI is InChI=1S/C15H26N2O3/c1-4-7-12-13(18)16-15(3,5-2)14(19)17(12)10-11-8-6-9-20-11/h11-12H,4-10H2,1-3H3,(H,16,18). The second-order valence-corrected chi connectivity index (χ2v) is 6.07. The Hall–Kier alpha value is -1.10. The summed E-state index contributed by atoms with van der Waals surface area (Å²) in [7, 11) is 0. The van der Waals surface area contributed by atoms with E-state index in [9.17, 15) is 9.59 Å². The van der Waals surface area contributed by atoms with Crippen LogP contribution in [0.1, 0.15) is 52.9 Å². The number of hydrogen-bond acceptors (Lipinski definition) is 3. The predicted octanol–water partition coefficient (Wildman–Crippen LogP) is 1.46. The third kappa shape index (κ3) is 2.82. The number of carbonyl (C=O) groups is 2. The highest BCUT2D eigenvalue weighted by Gasteiger charge is 2.47. The Morgan fingerprint density at radius 1 is 1.40 bits per heavy atom. The minimum absolute atomic E-state index is 0.0196. The average Bonchev–Trinajstić information content (AvgIpc) is 2.93. The highest BCUT2D eigenvalue weighted by molar-refractivity contribution is 5.99. The number of piperazine rings is 1. The van der Waals surface area contributed by atoms with Crippen LogP contribution in [0, 0.1) is 0 Å². The molecule has 114 valence electrons. The SMILES string of the molecule is CCCC1C(=O)NC(C)(CC)C(=O)N1CC1CCCO1. The van der Waals surface area contributed by atoms with E-state index in [0.717, 1.165) is 25.9 Å². The molecule has 0 aliphatic carbocycles. The van der Waals surface area contributed by atoms with E-state index in [4.69, 9.17) is 4.74 Å². The fraction of sp³-hybridized carbons (Fsp3) is 0.867. The van der Waals surface area contributed by atoms with E-state index < -0.39 is 5.54 Å². The van der Waals surface area contributed by atoms with Crippen LogP contribution in [-0.2, 0) is 14.3 Å². The summed E-state index contributed by atoms with van der Waals surface area (Å²) in [5, 5.41) is 2.91. The monoisotopic (exact) mass is 282 g/mol. The summed E-state index contributed by atoms with van der Waals surface area (Å²) >= 11 is 0. The van der Waals surface area contributed by atoms with Crippen LogP contribution in [-0.4, -0.2) is 47.6 Å². The van der Waals surface area contributed by atoms with Crippen LogP contribution in [0.3, 0.4) is 0 Å². The molecule has 2 aliphatic heterocycles. The van der Waals surface area contributed by atoms with Crippen molar-refractivity contribution in [1.82, 2.24) is 10.2 Å². The molecule has 2 fully saturated rings. The Bertz CT molecular complexity index is 379. The van der Waals surface area contributed by atoms with Gasteiger partial charge >= 0.3 is 0 Å². The average molecular weight is 282 g/mol. The maximum atomic E-state index is 12.8. The van der Waals surface area contributed by atoms with Crippen LogP contribution in [0.25, 0.3) is 0 Å². The van der Waals surface area contributed by atoms with E-state index in [1.54, 1.807) is 4.90 Å². The Balaban J connectivity index is 2.18. The first-order valence-corrected chi connectivity index (χ1v) is 7.76. The fourth-order valence-corrected chi connectivity index (χ4v) is 3.03. The molecular weight excluding hydrogens is 256 g/mol. The van der Waals surface area contributed by atoms with Gasteiger partial charge in [-0.25, -0.2) is 0 Å². The number of hydrogen-bond donors (Lipinski definition) is 1. The highest BCUT2D eigenvalue weighted by Crippen LogP contribution is 2.25. The summed E-state index contributed by atoms with van der Waals surface area (Å²) in [6.45, 7) is 7.10. The first-order valence-electron chi connectivity index (χ1n) is 7.76. The molecule has 2 saturated heterocycles. The van der Waals surface area contributed by atoms with Crippen LogP contribution in [0.2, 0.25) is 0 Å². The van der Waals surface area contributed by atoms with Gasteiger partial charge in [0.15, 0.2) is 0 Å². The zero-order valence-corrected chi connectivity index (χ0v) is 12.8. The lowest BCUT2D eigenvalue weighted by atomic mass is 9.90. The maximum absolute atomic E-state index is 12.8. The Labute approximate surface area is 121 Å². The molecule has 2 rings (SSSR count). The summed E-state index contributed by atoms with van der Waals surface area (Å²) in [6.07, 6.45) is 4.32. The quantitative estimate of drug-likeness (QED) is 0.830. The minimum Gasteiger partial charge on any atom is -0.376 e. The van der Waals surface area contributed by atoms with Crippen molar-refractivity contribution in [3.05, 3.63) is 0 Å². The van der Waals surface area contributed by atoms with Gasteiger partial charge in [0.2, 0.25) is 11.8 Å². The number of rotatable bonds is 5. The van der Waals surface area contributed by atoms with Crippen LogP contribution >= 0.6 is 0 Å². The summed E-state index contributed by atoms with van der Waals surface area (Å²) in [5.74, 6) is 0.0161. The molecule has 2 amide bonds. The Morgan fingerprint density at radius 2 is 2.15 bits per heavy atom. The number of nitrogens with one attached hydrogen (secondary N) is 1. The summed E-state index contributed by atoms with van der Waals surface area (Å²) < 4.78 is 5.64. The zero-order chi connectivity index (χ0) is 14.8. The normalized spacial score (nSPS) is 34.5. The van der Waals surface area contributed by atoms with Gasteiger partial charge in [0.05, 0.1) is 6.10 Å². The fourth-order valence-electron chi connectivity index (χ4n) is 3.03. The van der Waals surface area contributed by atoms with Crippen LogP contribution in [0.4, 0.5) is 0 Å². The van der Waals surface area contributed by atoms with Gasteiger partial charge in [0.1, 0.15) is 11.6 Å². The molecule has 3 atom stereocenters. The summed E-state index contributed by atoms with van der Waals surface area (Å²) in [5.41, 5.74) is -0.764. The molecule has 2 aliphatic rings. The van der Waals surface area contributed by atoms with Gasteiger partial charge in [-0.15, -0.1) is 0 Å². The van der Waals surface area contributed by atoms with Gasteiger partial charge in [-0.2, -0.15) is 0 Å². The first-order chi connectivity index (χ1) is 9.51. The lowest BCUT2D eigenvalue weighted by molar-refractivity contribution is -0.156. The van der Waals surface area contributed by atoms with Crippen LogP contribution < -0.4 is 5.32 Å². The second-order valence-electron chi connectivity index (χ2n) is 6.07. The molecule has 0 saturated carbocycles. The van der Waals surface area contributed by atoms with Crippen molar-refractivity contribution in [3.8, 4) is 0 Å². The van der Waals surface area contributed by atoms with Gasteiger partial charge < -0.3 is 15.0 Å². The summed E-state index contributed by atoms with van der Waals surface area (Å²) in [4.78, 5) is 26.9. The van der Waals surface area contributed by atoms with Crippen LogP contribution in [0.15, 0.2) is 0 Å². The van der Waals surface area contributed by atoms with Gasteiger partial charge in [-0.05, 0) is 32.6 Å². The first kappa shape index (κ1) is 15.3. The van der Waals surface area contributed by atoms with E-state index in [1.165, 1.54) is 0 Å². The predicted molar refractivity (Wildman–Crippen MR) is 76.2 cm³/mol. The van der Waals surface area contributed by atoms with Gasteiger partial charge in [0, 0.05) is 13.2 Å². The molecule has 0 radical (unpaired) electrons. The van der Waals surface area contributed by atoms with Crippen LogP contribution in [0.5, 0.6) is 0 Å². The molecule has 0 spiro atoms. The smallest absolute Gasteiger partial charge is 0.248 e. The molecule has 5 heteroatoms. The van der Waals surface area contributed by atoms with E-state index >= 15 is 0 Å². The Morgan fingerprint density at radius 3 is 2.70 bits per heavy atom. The highest BCUT2D eigenvalue weighted by atomic mass is 16.5. The van der Waals surface area contributed by atoms with Crippen molar-refractivity contribution in [1.29, 1.82) is 0 Å². The third-order valence-corrected chi connectivity index (χ3v) is 4.50. The molecule has 3 unspecified atom stereocenters. The van der Waals surface area contributed by atoms with Crippen molar-refractivity contribution in [2.45, 2.75) is 70.6 Å². The molecule has 2 heterocycles. The number of carbonyl (C=O) groups excluding carboxylic acids is 2. The lowest BCUT2D eigenvalue weighted by Crippen LogP contribution is -2.69. The molecule has 0 bridgehead atoms. The molecule has 1 N–H and O–H groups in total. The van der Waals surface area contributed by atoms with E-state index in [2.05, 4.69) is 5.32 Å². The Kier molecular flexibility index (Phi) is 4.68. The van der Waals surface area contributed by atoms with Crippen molar-refractivity contribution >= 4 is 11.8 Å².